The number of hydrogen-bond acceptors (Lipinski definition) is 6. The Morgan fingerprint density at radius 3 is 2.65 bits per heavy atom. The summed E-state index contributed by atoms with van der Waals surface area (Å²) in [6, 6.07) is 13.0. The summed E-state index contributed by atoms with van der Waals surface area (Å²) in [5.74, 6) is 2.48. The third-order valence-corrected chi connectivity index (χ3v) is 6.52. The molecule has 2 N–H and O–H groups in total. The second kappa shape index (κ2) is 10.1. The number of aliphatic hydroxyl groups excluding tert-OH is 1. The molecule has 0 unspecified atom stereocenters. The monoisotopic (exact) mass is 419 g/mol. The molecule has 0 bridgehead atoms. The number of piperidine rings is 1. The molecule has 0 saturated carbocycles. The zero-order valence-corrected chi connectivity index (χ0v) is 18.5. The Bertz CT molecular complexity index is 916. The number of aliphatic hydroxyl groups is 1. The first-order valence-corrected chi connectivity index (χ1v) is 11.5. The van der Waals surface area contributed by atoms with Crippen molar-refractivity contribution in [2.24, 2.45) is 5.92 Å². The maximum Gasteiger partial charge on any atom is 0.146 e. The number of aromatic nitrogens is 1. The smallest absolute Gasteiger partial charge is 0.146 e. The molecule has 1 aromatic heterocycles. The maximum atomic E-state index is 9.96. The SMILES string of the molecule is CC1CCN(c2nc(NCCCO)c(C#N)c3c2CN(Cc2ccccc2)CC3)CC1. The number of hydrogen-bond donors (Lipinski definition) is 2. The van der Waals surface area contributed by atoms with Crippen LogP contribution >= 0.6 is 0 Å². The van der Waals surface area contributed by atoms with E-state index in [9.17, 15) is 5.26 Å². The lowest BCUT2D eigenvalue weighted by atomic mass is 9.93. The Hall–Kier alpha value is -2.62. The van der Waals surface area contributed by atoms with Gasteiger partial charge in [-0.2, -0.15) is 5.26 Å². The van der Waals surface area contributed by atoms with E-state index in [0.29, 0.717) is 24.3 Å². The third-order valence-electron chi connectivity index (χ3n) is 6.52. The fourth-order valence-corrected chi connectivity index (χ4v) is 4.67. The minimum Gasteiger partial charge on any atom is -0.396 e. The van der Waals surface area contributed by atoms with Crippen LogP contribution in [0.15, 0.2) is 30.3 Å². The van der Waals surface area contributed by atoms with E-state index in [1.165, 1.54) is 24.0 Å². The second-order valence-electron chi connectivity index (χ2n) is 8.85. The summed E-state index contributed by atoms with van der Waals surface area (Å²) >= 11 is 0. The molecule has 1 fully saturated rings. The van der Waals surface area contributed by atoms with Crippen molar-refractivity contribution in [3.8, 4) is 6.07 Å². The average Bonchev–Trinajstić information content (AvgIpc) is 2.80. The maximum absolute atomic E-state index is 9.96. The van der Waals surface area contributed by atoms with E-state index in [4.69, 9.17) is 10.1 Å². The first-order valence-electron chi connectivity index (χ1n) is 11.5. The van der Waals surface area contributed by atoms with Crippen LogP contribution in [0.25, 0.3) is 0 Å². The molecule has 31 heavy (non-hydrogen) atoms. The molecule has 1 saturated heterocycles. The van der Waals surface area contributed by atoms with Gasteiger partial charge in [-0.15, -0.1) is 0 Å². The molecule has 2 aliphatic rings. The predicted molar refractivity (Wildman–Crippen MR) is 124 cm³/mol. The van der Waals surface area contributed by atoms with Gasteiger partial charge in [0.25, 0.3) is 0 Å². The van der Waals surface area contributed by atoms with Crippen LogP contribution in [-0.4, -0.2) is 47.8 Å². The van der Waals surface area contributed by atoms with Crippen LogP contribution in [0.1, 0.15) is 48.4 Å². The van der Waals surface area contributed by atoms with E-state index in [2.05, 4.69) is 58.4 Å². The number of nitriles is 1. The highest BCUT2D eigenvalue weighted by molar-refractivity contribution is 5.67. The van der Waals surface area contributed by atoms with Gasteiger partial charge in [0.2, 0.25) is 0 Å². The minimum atomic E-state index is 0.130. The van der Waals surface area contributed by atoms with Crippen molar-refractivity contribution in [2.45, 2.75) is 45.7 Å². The molecule has 0 radical (unpaired) electrons. The molecule has 2 aliphatic heterocycles. The van der Waals surface area contributed by atoms with Gasteiger partial charge in [0.05, 0.1) is 5.56 Å². The molecule has 4 rings (SSSR count). The number of nitrogens with zero attached hydrogens (tertiary/aromatic N) is 4. The molecular formula is C25H33N5O. The van der Waals surface area contributed by atoms with Crippen LogP contribution < -0.4 is 10.2 Å². The topological polar surface area (TPSA) is 75.4 Å². The van der Waals surface area contributed by atoms with Crippen molar-refractivity contribution in [2.75, 3.05) is 43.0 Å². The largest absolute Gasteiger partial charge is 0.396 e. The molecule has 1 aromatic carbocycles. The number of benzene rings is 1. The number of nitrogens with one attached hydrogen (secondary N) is 1. The average molecular weight is 420 g/mol. The van der Waals surface area contributed by atoms with Gasteiger partial charge in [0.1, 0.15) is 17.7 Å². The summed E-state index contributed by atoms with van der Waals surface area (Å²) in [6.45, 7) is 7.77. The molecule has 3 heterocycles. The summed E-state index contributed by atoms with van der Waals surface area (Å²) in [4.78, 5) is 9.89. The number of anilines is 2. The predicted octanol–water partition coefficient (Wildman–Crippen LogP) is 3.54. The van der Waals surface area contributed by atoms with Crippen LogP contribution in [0.3, 0.4) is 0 Å². The van der Waals surface area contributed by atoms with Gasteiger partial charge in [-0.05, 0) is 42.7 Å². The van der Waals surface area contributed by atoms with Gasteiger partial charge in [-0.3, -0.25) is 4.90 Å². The van der Waals surface area contributed by atoms with Crippen molar-refractivity contribution in [3.63, 3.8) is 0 Å². The molecule has 0 amide bonds. The lowest BCUT2D eigenvalue weighted by Crippen LogP contribution is -2.37. The van der Waals surface area contributed by atoms with Crippen LogP contribution in [-0.2, 0) is 19.5 Å². The lowest BCUT2D eigenvalue weighted by molar-refractivity contribution is 0.245. The minimum absolute atomic E-state index is 0.130. The van der Waals surface area contributed by atoms with E-state index in [1.54, 1.807) is 0 Å². The normalized spacial score (nSPS) is 17.3. The first-order chi connectivity index (χ1) is 15.2. The zero-order chi connectivity index (χ0) is 21.6. The molecule has 6 nitrogen and oxygen atoms in total. The highest BCUT2D eigenvalue weighted by Gasteiger charge is 2.29. The Labute approximate surface area is 185 Å². The van der Waals surface area contributed by atoms with E-state index in [1.807, 2.05) is 0 Å². The van der Waals surface area contributed by atoms with Crippen LogP contribution in [0.5, 0.6) is 0 Å². The quantitative estimate of drug-likeness (QED) is 0.669. The van der Waals surface area contributed by atoms with Gasteiger partial charge in [-0.25, -0.2) is 4.98 Å². The second-order valence-corrected chi connectivity index (χ2v) is 8.85. The van der Waals surface area contributed by atoms with E-state index >= 15 is 0 Å². The van der Waals surface area contributed by atoms with Gasteiger partial charge < -0.3 is 15.3 Å². The van der Waals surface area contributed by atoms with Crippen molar-refractivity contribution in [1.82, 2.24) is 9.88 Å². The molecule has 164 valence electrons. The fraction of sp³-hybridized carbons (Fsp3) is 0.520. The van der Waals surface area contributed by atoms with Gasteiger partial charge in [-0.1, -0.05) is 37.3 Å². The summed E-state index contributed by atoms with van der Waals surface area (Å²) in [5, 5.41) is 22.4. The molecule has 0 atom stereocenters. The zero-order valence-electron chi connectivity index (χ0n) is 18.5. The number of pyridine rings is 1. The molecule has 0 spiro atoms. The Kier molecular flexibility index (Phi) is 7.06. The van der Waals surface area contributed by atoms with Gasteiger partial charge in [0, 0.05) is 51.4 Å². The van der Waals surface area contributed by atoms with Crippen LogP contribution in [0, 0.1) is 17.2 Å². The Morgan fingerprint density at radius 1 is 1.16 bits per heavy atom. The molecule has 6 heteroatoms. The number of fused-ring (bicyclic) bond motifs is 1. The van der Waals surface area contributed by atoms with Crippen molar-refractivity contribution in [3.05, 3.63) is 52.6 Å². The number of rotatable bonds is 7. The molecule has 2 aromatic rings. The van der Waals surface area contributed by atoms with Crippen molar-refractivity contribution >= 4 is 11.6 Å². The van der Waals surface area contributed by atoms with Gasteiger partial charge in [0.15, 0.2) is 0 Å². The highest BCUT2D eigenvalue weighted by Crippen LogP contribution is 2.35. The van der Waals surface area contributed by atoms with Crippen LogP contribution in [0.4, 0.5) is 11.6 Å². The van der Waals surface area contributed by atoms with E-state index in [-0.39, 0.29) is 6.61 Å². The van der Waals surface area contributed by atoms with E-state index < -0.39 is 0 Å². The fourth-order valence-electron chi connectivity index (χ4n) is 4.67. The lowest BCUT2D eigenvalue weighted by Gasteiger charge is -2.37. The van der Waals surface area contributed by atoms with E-state index in [0.717, 1.165) is 56.4 Å². The summed E-state index contributed by atoms with van der Waals surface area (Å²) in [7, 11) is 0. The van der Waals surface area contributed by atoms with Gasteiger partial charge >= 0.3 is 0 Å². The summed E-state index contributed by atoms with van der Waals surface area (Å²) in [6.07, 6.45) is 3.86. The standard InChI is InChI=1S/C25H33N5O/c1-19-8-13-30(14-9-19)25-23-18-29(17-20-6-3-2-4-7-20)12-10-21(23)22(16-26)24(28-25)27-11-5-15-31/h2-4,6-7,19,31H,5,8-15,17-18H2,1H3,(H,27,28). The van der Waals surface area contributed by atoms with Crippen molar-refractivity contribution < 1.29 is 5.11 Å². The summed E-state index contributed by atoms with van der Waals surface area (Å²) < 4.78 is 0. The summed E-state index contributed by atoms with van der Waals surface area (Å²) in [5.41, 5.74) is 4.37. The third kappa shape index (κ3) is 5.00. The first kappa shape index (κ1) is 21.6. The Balaban J connectivity index is 1.67. The van der Waals surface area contributed by atoms with Crippen LogP contribution in [0.2, 0.25) is 0 Å². The Morgan fingerprint density at radius 2 is 1.94 bits per heavy atom. The molecular weight excluding hydrogens is 386 g/mol. The molecule has 0 aliphatic carbocycles. The highest BCUT2D eigenvalue weighted by atomic mass is 16.3. The van der Waals surface area contributed by atoms with Crippen molar-refractivity contribution in [1.29, 1.82) is 5.26 Å².